The number of rotatable bonds is 1. The normalized spacial score (nSPS) is 14.3. The molecule has 3 rings (SSSR count). The number of nitrogen functional groups attached to an aromatic ring is 1. The summed E-state index contributed by atoms with van der Waals surface area (Å²) in [5.41, 5.74) is 9.35. The van der Waals surface area contributed by atoms with Crippen LogP contribution >= 0.6 is 15.9 Å². The number of carbonyl (C=O) groups is 1. The summed E-state index contributed by atoms with van der Waals surface area (Å²) in [5, 5.41) is 0. The maximum Gasteiger partial charge on any atom is 0.274 e. The monoisotopic (exact) mass is 319 g/mol. The zero-order valence-corrected chi connectivity index (χ0v) is 11.9. The molecular weight excluding hydrogens is 306 g/mol. The highest BCUT2D eigenvalue weighted by Crippen LogP contribution is 2.32. The van der Waals surface area contributed by atoms with Crippen molar-refractivity contribution < 1.29 is 4.79 Å². The number of aromatic amines is 1. The molecule has 0 radical (unpaired) electrons. The van der Waals surface area contributed by atoms with Gasteiger partial charge in [0.15, 0.2) is 0 Å². The summed E-state index contributed by atoms with van der Waals surface area (Å²) in [6.07, 6.45) is 3.63. The van der Waals surface area contributed by atoms with E-state index in [2.05, 4.69) is 20.9 Å². The van der Waals surface area contributed by atoms with Crippen LogP contribution in [0.2, 0.25) is 0 Å². The molecule has 19 heavy (non-hydrogen) atoms. The molecule has 1 amide bonds. The van der Waals surface area contributed by atoms with E-state index in [9.17, 15) is 4.79 Å². The van der Waals surface area contributed by atoms with Crippen molar-refractivity contribution >= 4 is 33.2 Å². The van der Waals surface area contributed by atoms with Crippen LogP contribution in [-0.2, 0) is 6.42 Å². The maximum absolute atomic E-state index is 12.5. The maximum atomic E-state index is 12.5. The van der Waals surface area contributed by atoms with E-state index in [4.69, 9.17) is 5.73 Å². The van der Waals surface area contributed by atoms with Crippen molar-refractivity contribution in [3.63, 3.8) is 0 Å². The fraction of sp³-hybridized carbons (Fsp3) is 0.214. The summed E-state index contributed by atoms with van der Waals surface area (Å²) in [4.78, 5) is 17.3. The standard InChI is InChI=1S/C14H14BrN3O/c15-9-7-12(17-8-9)14(19)18-6-2-3-10-11(16)4-1-5-13(10)18/h1,4-5,7-8,17H,2-3,6,16H2. The second-order valence-corrected chi connectivity index (χ2v) is 5.55. The van der Waals surface area contributed by atoms with Crippen LogP contribution < -0.4 is 10.6 Å². The highest BCUT2D eigenvalue weighted by atomic mass is 79.9. The molecule has 1 aliphatic heterocycles. The van der Waals surface area contributed by atoms with Gasteiger partial charge in [0.1, 0.15) is 5.69 Å². The number of anilines is 2. The minimum atomic E-state index is -0.0164. The number of hydrogen-bond acceptors (Lipinski definition) is 2. The zero-order valence-electron chi connectivity index (χ0n) is 10.3. The number of H-pyrrole nitrogens is 1. The van der Waals surface area contributed by atoms with E-state index in [0.717, 1.165) is 40.8 Å². The summed E-state index contributed by atoms with van der Waals surface area (Å²) < 4.78 is 0.876. The molecule has 98 valence electrons. The molecule has 4 nitrogen and oxygen atoms in total. The number of carbonyl (C=O) groups excluding carboxylic acids is 1. The van der Waals surface area contributed by atoms with Crippen LogP contribution in [0.3, 0.4) is 0 Å². The van der Waals surface area contributed by atoms with Crippen LogP contribution in [0.25, 0.3) is 0 Å². The van der Waals surface area contributed by atoms with Gasteiger partial charge in [-0.15, -0.1) is 0 Å². The number of amides is 1. The minimum absolute atomic E-state index is 0.0164. The Bertz CT molecular complexity index is 635. The second-order valence-electron chi connectivity index (χ2n) is 4.64. The van der Waals surface area contributed by atoms with Gasteiger partial charge in [-0.25, -0.2) is 0 Å². The van der Waals surface area contributed by atoms with Gasteiger partial charge in [0.25, 0.3) is 5.91 Å². The molecule has 0 saturated carbocycles. The van der Waals surface area contributed by atoms with Gasteiger partial charge in [0.05, 0.1) is 0 Å². The third kappa shape index (κ3) is 2.14. The number of fused-ring (bicyclic) bond motifs is 1. The van der Waals surface area contributed by atoms with Gasteiger partial charge in [0, 0.05) is 28.6 Å². The van der Waals surface area contributed by atoms with E-state index in [0.29, 0.717) is 5.69 Å². The van der Waals surface area contributed by atoms with Crippen molar-refractivity contribution in [1.82, 2.24) is 4.98 Å². The van der Waals surface area contributed by atoms with Gasteiger partial charge in [-0.05, 0) is 52.5 Å². The zero-order chi connectivity index (χ0) is 13.4. The lowest BCUT2D eigenvalue weighted by Gasteiger charge is -2.29. The molecule has 1 aliphatic rings. The summed E-state index contributed by atoms with van der Waals surface area (Å²) in [5.74, 6) is -0.0164. The Hall–Kier alpha value is -1.75. The first-order valence-corrected chi connectivity index (χ1v) is 6.99. The van der Waals surface area contributed by atoms with Crippen molar-refractivity contribution in [2.45, 2.75) is 12.8 Å². The predicted octanol–water partition coefficient (Wildman–Crippen LogP) is 2.95. The van der Waals surface area contributed by atoms with Gasteiger partial charge < -0.3 is 15.6 Å². The molecule has 0 aliphatic carbocycles. The molecule has 0 fully saturated rings. The first-order valence-electron chi connectivity index (χ1n) is 6.20. The van der Waals surface area contributed by atoms with Crippen LogP contribution in [0.5, 0.6) is 0 Å². The minimum Gasteiger partial charge on any atom is -0.398 e. The lowest BCUT2D eigenvalue weighted by atomic mass is 9.99. The molecule has 0 unspecified atom stereocenters. The van der Waals surface area contributed by atoms with Crippen LogP contribution in [0, 0.1) is 0 Å². The highest BCUT2D eigenvalue weighted by Gasteiger charge is 2.25. The number of aromatic nitrogens is 1. The molecule has 1 aromatic heterocycles. The number of nitrogens with two attached hydrogens (primary N) is 1. The highest BCUT2D eigenvalue weighted by molar-refractivity contribution is 9.10. The molecule has 1 aromatic carbocycles. The fourth-order valence-corrected chi connectivity index (χ4v) is 2.84. The second kappa shape index (κ2) is 4.74. The Morgan fingerprint density at radius 3 is 3.00 bits per heavy atom. The summed E-state index contributed by atoms with van der Waals surface area (Å²) in [7, 11) is 0. The molecule has 3 N–H and O–H groups in total. The van der Waals surface area contributed by atoms with Gasteiger partial charge in [-0.2, -0.15) is 0 Å². The fourth-order valence-electron chi connectivity index (χ4n) is 2.50. The summed E-state index contributed by atoms with van der Waals surface area (Å²) in [6.45, 7) is 0.728. The van der Waals surface area contributed by atoms with E-state index in [-0.39, 0.29) is 5.91 Å². The van der Waals surface area contributed by atoms with Crippen molar-refractivity contribution in [1.29, 1.82) is 0 Å². The first-order chi connectivity index (χ1) is 9.16. The van der Waals surface area contributed by atoms with Crippen LogP contribution in [0.4, 0.5) is 11.4 Å². The molecule has 5 heteroatoms. The number of nitrogens with zero attached hydrogens (tertiary/aromatic N) is 1. The molecular formula is C14H14BrN3O. The number of halogens is 1. The first kappa shape index (κ1) is 12.3. The van der Waals surface area contributed by atoms with Crippen molar-refractivity contribution in [2.75, 3.05) is 17.2 Å². The Morgan fingerprint density at radius 1 is 1.42 bits per heavy atom. The van der Waals surface area contributed by atoms with Gasteiger partial charge in [-0.1, -0.05) is 6.07 Å². The van der Waals surface area contributed by atoms with Gasteiger partial charge >= 0.3 is 0 Å². The quantitative estimate of drug-likeness (QED) is 0.794. The van der Waals surface area contributed by atoms with Crippen molar-refractivity contribution in [3.8, 4) is 0 Å². The smallest absolute Gasteiger partial charge is 0.274 e. The van der Waals surface area contributed by atoms with E-state index >= 15 is 0 Å². The van der Waals surface area contributed by atoms with Crippen LogP contribution in [0.1, 0.15) is 22.5 Å². The topological polar surface area (TPSA) is 62.1 Å². The van der Waals surface area contributed by atoms with E-state index < -0.39 is 0 Å². The summed E-state index contributed by atoms with van der Waals surface area (Å²) in [6, 6.07) is 7.53. The van der Waals surface area contributed by atoms with Gasteiger partial charge in [0.2, 0.25) is 0 Å². The lowest BCUT2D eigenvalue weighted by molar-refractivity contribution is 0.0981. The molecule has 0 atom stereocenters. The molecule has 0 spiro atoms. The largest absolute Gasteiger partial charge is 0.398 e. The Kier molecular flexibility index (Phi) is 3.06. The third-order valence-corrected chi connectivity index (χ3v) is 3.87. The predicted molar refractivity (Wildman–Crippen MR) is 79.3 cm³/mol. The number of nitrogens with one attached hydrogen (secondary N) is 1. The van der Waals surface area contributed by atoms with Gasteiger partial charge in [-0.3, -0.25) is 4.79 Å². The van der Waals surface area contributed by atoms with Crippen molar-refractivity contribution in [3.05, 3.63) is 46.2 Å². The molecule has 2 aromatic rings. The van der Waals surface area contributed by atoms with E-state index in [1.165, 1.54) is 0 Å². The lowest BCUT2D eigenvalue weighted by Crippen LogP contribution is -2.35. The van der Waals surface area contributed by atoms with E-state index in [1.54, 1.807) is 17.2 Å². The van der Waals surface area contributed by atoms with Crippen molar-refractivity contribution in [2.24, 2.45) is 0 Å². The average Bonchev–Trinajstić information content (AvgIpc) is 2.85. The SMILES string of the molecule is Nc1cccc2c1CCCN2C(=O)c1cc(Br)c[nH]1. The average molecular weight is 320 g/mol. The Balaban J connectivity index is 2.00. The number of benzene rings is 1. The Labute approximate surface area is 119 Å². The van der Waals surface area contributed by atoms with E-state index in [1.807, 2.05) is 18.2 Å². The summed E-state index contributed by atoms with van der Waals surface area (Å²) >= 11 is 3.35. The molecule has 0 saturated heterocycles. The molecule has 2 heterocycles. The molecule has 0 bridgehead atoms. The Morgan fingerprint density at radius 2 is 2.26 bits per heavy atom. The van der Waals surface area contributed by atoms with Crippen LogP contribution in [-0.4, -0.2) is 17.4 Å². The number of hydrogen-bond donors (Lipinski definition) is 2. The van der Waals surface area contributed by atoms with Crippen LogP contribution in [0.15, 0.2) is 34.9 Å². The third-order valence-electron chi connectivity index (χ3n) is 3.41.